The van der Waals surface area contributed by atoms with Gasteiger partial charge in [0.2, 0.25) is 0 Å². The molecule has 0 saturated heterocycles. The first-order valence-corrected chi connectivity index (χ1v) is 6.00. The molecular formula is C11H10N2O2S. The van der Waals surface area contributed by atoms with Crippen LogP contribution in [0.1, 0.15) is 28.1 Å². The van der Waals surface area contributed by atoms with E-state index in [4.69, 9.17) is 0 Å². The number of rotatable bonds is 0. The number of carbonyl (C=O) groups is 1. The molecule has 82 valence electrons. The third-order valence-electron chi connectivity index (χ3n) is 2.95. The molecule has 5 heteroatoms. The predicted octanol–water partition coefficient (Wildman–Crippen LogP) is 1.51. The van der Waals surface area contributed by atoms with Gasteiger partial charge in [-0.15, -0.1) is 11.3 Å². The number of Topliss-reactive ketones (excluding diaryl/α,β-unsaturated/α-hetero) is 1. The Kier molecular flexibility index (Phi) is 1.97. The monoisotopic (exact) mass is 234 g/mol. The van der Waals surface area contributed by atoms with E-state index in [2.05, 4.69) is 4.98 Å². The molecule has 0 atom stereocenters. The molecule has 2 aromatic heterocycles. The zero-order chi connectivity index (χ0) is 11.3. The van der Waals surface area contributed by atoms with Crippen molar-refractivity contribution < 1.29 is 4.79 Å². The van der Waals surface area contributed by atoms with E-state index in [1.807, 2.05) is 0 Å². The van der Waals surface area contributed by atoms with E-state index in [1.165, 1.54) is 22.2 Å². The smallest absolute Gasteiger partial charge is 0.262 e. The molecule has 0 unspecified atom stereocenters. The van der Waals surface area contributed by atoms with E-state index in [1.54, 1.807) is 7.05 Å². The zero-order valence-corrected chi connectivity index (χ0v) is 9.63. The summed E-state index contributed by atoms with van der Waals surface area (Å²) in [7, 11) is 1.68. The molecule has 0 N–H and O–H groups in total. The van der Waals surface area contributed by atoms with E-state index in [-0.39, 0.29) is 11.3 Å². The highest BCUT2D eigenvalue weighted by Crippen LogP contribution is 2.33. The maximum absolute atomic E-state index is 12.0. The number of carbonyl (C=O) groups excluding carboxylic acids is 1. The number of aryl methyl sites for hydroxylation is 2. The van der Waals surface area contributed by atoms with E-state index in [9.17, 15) is 9.59 Å². The fraction of sp³-hybridized carbons (Fsp3) is 0.364. The largest absolute Gasteiger partial charge is 0.302 e. The number of nitrogens with zero attached hydrogens (tertiary/aromatic N) is 2. The first-order valence-electron chi connectivity index (χ1n) is 5.18. The van der Waals surface area contributed by atoms with Crippen LogP contribution in [0.15, 0.2) is 11.1 Å². The summed E-state index contributed by atoms with van der Waals surface area (Å²) in [6.07, 6.45) is 3.77. The van der Waals surface area contributed by atoms with Crippen molar-refractivity contribution in [2.45, 2.75) is 19.3 Å². The van der Waals surface area contributed by atoms with Gasteiger partial charge in [0, 0.05) is 13.5 Å². The average Bonchev–Trinajstić information content (AvgIpc) is 2.64. The van der Waals surface area contributed by atoms with Crippen molar-refractivity contribution in [3.63, 3.8) is 0 Å². The van der Waals surface area contributed by atoms with Gasteiger partial charge in [-0.1, -0.05) is 0 Å². The minimum atomic E-state index is -0.0443. The Bertz CT molecular complexity index is 654. The van der Waals surface area contributed by atoms with E-state index >= 15 is 0 Å². The van der Waals surface area contributed by atoms with Gasteiger partial charge in [-0.2, -0.15) is 0 Å². The van der Waals surface area contributed by atoms with Gasteiger partial charge in [0.25, 0.3) is 5.56 Å². The molecule has 0 radical (unpaired) electrons. The van der Waals surface area contributed by atoms with Gasteiger partial charge in [-0.3, -0.25) is 9.59 Å². The standard InChI is InChI=1S/C11H10N2O2S/c1-13-5-12-10-8(11(13)15)6-3-2-4-7(14)9(6)16-10/h5H,2-4H2,1H3. The van der Waals surface area contributed by atoms with Gasteiger partial charge in [0.1, 0.15) is 4.83 Å². The Balaban J connectivity index is 2.47. The summed E-state index contributed by atoms with van der Waals surface area (Å²) in [5, 5.41) is 0.651. The van der Waals surface area contributed by atoms with Crippen molar-refractivity contribution in [1.82, 2.24) is 9.55 Å². The minimum Gasteiger partial charge on any atom is -0.302 e. The van der Waals surface area contributed by atoms with Crippen molar-refractivity contribution in [2.24, 2.45) is 7.05 Å². The molecule has 0 amide bonds. The number of hydrogen-bond donors (Lipinski definition) is 0. The highest BCUT2D eigenvalue weighted by atomic mass is 32.1. The lowest BCUT2D eigenvalue weighted by atomic mass is 9.96. The first-order chi connectivity index (χ1) is 7.68. The number of hydrogen-bond acceptors (Lipinski definition) is 4. The Labute approximate surface area is 95.5 Å². The van der Waals surface area contributed by atoms with Crippen LogP contribution in [-0.2, 0) is 13.5 Å². The second-order valence-corrected chi connectivity index (χ2v) is 5.03. The molecule has 0 fully saturated rings. The predicted molar refractivity (Wildman–Crippen MR) is 62.1 cm³/mol. The van der Waals surface area contributed by atoms with Crippen LogP contribution in [0.2, 0.25) is 0 Å². The summed E-state index contributed by atoms with van der Waals surface area (Å²) in [5.41, 5.74) is 0.877. The number of thiophene rings is 1. The van der Waals surface area contributed by atoms with E-state index in [0.717, 1.165) is 23.3 Å². The van der Waals surface area contributed by atoms with Crippen LogP contribution in [-0.4, -0.2) is 15.3 Å². The maximum atomic E-state index is 12.0. The molecule has 0 bridgehead atoms. The third kappa shape index (κ3) is 1.18. The van der Waals surface area contributed by atoms with Gasteiger partial charge in [0.15, 0.2) is 5.78 Å². The Hall–Kier alpha value is -1.49. The molecular weight excluding hydrogens is 224 g/mol. The summed E-state index contributed by atoms with van der Waals surface area (Å²) in [5.74, 6) is 0.159. The lowest BCUT2D eigenvalue weighted by molar-refractivity contribution is 0.0977. The molecule has 2 aromatic rings. The zero-order valence-electron chi connectivity index (χ0n) is 8.82. The molecule has 3 rings (SSSR count). The van der Waals surface area contributed by atoms with Crippen LogP contribution in [0.5, 0.6) is 0 Å². The van der Waals surface area contributed by atoms with Crippen LogP contribution in [0.3, 0.4) is 0 Å². The average molecular weight is 234 g/mol. The summed E-state index contributed by atoms with van der Waals surface area (Å²) < 4.78 is 1.47. The highest BCUT2D eigenvalue weighted by Gasteiger charge is 2.24. The molecule has 1 aliphatic rings. The summed E-state index contributed by atoms with van der Waals surface area (Å²) in [4.78, 5) is 29.4. The fourth-order valence-corrected chi connectivity index (χ4v) is 3.28. The van der Waals surface area contributed by atoms with E-state index < -0.39 is 0 Å². The van der Waals surface area contributed by atoms with Crippen LogP contribution in [0, 0.1) is 0 Å². The molecule has 0 aliphatic heterocycles. The first kappa shape index (κ1) is 9.72. The SMILES string of the molecule is Cn1cnc2sc3c(c2c1=O)CCCC3=O. The van der Waals surface area contributed by atoms with Crippen molar-refractivity contribution in [3.05, 3.63) is 27.1 Å². The quantitative estimate of drug-likeness (QED) is 0.694. The highest BCUT2D eigenvalue weighted by molar-refractivity contribution is 7.20. The minimum absolute atomic E-state index is 0.0443. The van der Waals surface area contributed by atoms with Crippen molar-refractivity contribution in [1.29, 1.82) is 0 Å². The van der Waals surface area contributed by atoms with Crippen molar-refractivity contribution in [2.75, 3.05) is 0 Å². The van der Waals surface area contributed by atoms with Crippen LogP contribution < -0.4 is 5.56 Å². The van der Waals surface area contributed by atoms with Gasteiger partial charge >= 0.3 is 0 Å². The second-order valence-electron chi connectivity index (χ2n) is 4.03. The molecule has 0 aromatic carbocycles. The lowest BCUT2D eigenvalue weighted by Gasteiger charge is -2.08. The Morgan fingerprint density at radius 2 is 2.19 bits per heavy atom. The van der Waals surface area contributed by atoms with Crippen LogP contribution in [0.4, 0.5) is 0 Å². The van der Waals surface area contributed by atoms with Crippen molar-refractivity contribution in [3.8, 4) is 0 Å². The topological polar surface area (TPSA) is 52.0 Å². The van der Waals surface area contributed by atoms with Crippen LogP contribution in [0.25, 0.3) is 10.2 Å². The number of ketones is 1. The molecule has 1 aliphatic carbocycles. The molecule has 4 nitrogen and oxygen atoms in total. The molecule has 16 heavy (non-hydrogen) atoms. The molecule has 0 spiro atoms. The second kappa shape index (κ2) is 3.25. The molecule has 0 saturated carbocycles. The summed E-state index contributed by atoms with van der Waals surface area (Å²) >= 11 is 1.36. The normalized spacial score (nSPS) is 15.4. The van der Waals surface area contributed by atoms with Gasteiger partial charge < -0.3 is 4.57 Å². The van der Waals surface area contributed by atoms with Gasteiger partial charge in [-0.25, -0.2) is 4.98 Å². The lowest BCUT2D eigenvalue weighted by Crippen LogP contribution is -2.18. The van der Waals surface area contributed by atoms with E-state index in [0.29, 0.717) is 16.6 Å². The van der Waals surface area contributed by atoms with Gasteiger partial charge in [0.05, 0.1) is 16.6 Å². The third-order valence-corrected chi connectivity index (χ3v) is 4.14. The number of fused-ring (bicyclic) bond motifs is 3. The van der Waals surface area contributed by atoms with Crippen LogP contribution >= 0.6 is 11.3 Å². The number of aromatic nitrogens is 2. The maximum Gasteiger partial charge on any atom is 0.262 e. The Morgan fingerprint density at radius 3 is 3.00 bits per heavy atom. The molecule has 2 heterocycles. The summed E-state index contributed by atoms with van der Waals surface area (Å²) in [6.45, 7) is 0. The van der Waals surface area contributed by atoms with Gasteiger partial charge in [-0.05, 0) is 18.4 Å². The van der Waals surface area contributed by atoms with Crippen molar-refractivity contribution >= 4 is 27.3 Å². The fourth-order valence-electron chi connectivity index (χ4n) is 2.13. The summed E-state index contributed by atoms with van der Waals surface area (Å²) in [6, 6.07) is 0. The Morgan fingerprint density at radius 1 is 1.38 bits per heavy atom.